The van der Waals surface area contributed by atoms with Gasteiger partial charge in [-0.2, -0.15) is 0 Å². The van der Waals surface area contributed by atoms with Crippen LogP contribution in [0.15, 0.2) is 24.3 Å². The number of likely N-dealkylation sites (tertiary alicyclic amines) is 1. The van der Waals surface area contributed by atoms with Gasteiger partial charge in [-0.15, -0.1) is 0 Å². The minimum atomic E-state index is -0.938. The van der Waals surface area contributed by atoms with Gasteiger partial charge >= 0.3 is 0 Å². The van der Waals surface area contributed by atoms with Crippen LogP contribution in [0.4, 0.5) is 0 Å². The monoisotopic (exact) mass is 253 g/mol. The molecule has 1 saturated heterocycles. The molecular weight excluding hydrogens is 234 g/mol. The topological polar surface area (TPSA) is 73.2 Å². The van der Waals surface area contributed by atoms with Crippen molar-refractivity contribution >= 4 is 0 Å². The van der Waals surface area contributed by atoms with E-state index in [4.69, 9.17) is 4.74 Å². The maximum absolute atomic E-state index is 10.1. The number of aliphatic hydroxyl groups excluding tert-OH is 3. The second-order valence-electron chi connectivity index (χ2n) is 4.61. The number of benzene rings is 1. The Hall–Kier alpha value is -1.14. The van der Waals surface area contributed by atoms with Crippen molar-refractivity contribution < 1.29 is 20.1 Å². The van der Waals surface area contributed by atoms with Crippen molar-refractivity contribution in [2.75, 3.05) is 20.8 Å². The Kier molecular flexibility index (Phi) is 3.87. The first-order chi connectivity index (χ1) is 8.60. The van der Waals surface area contributed by atoms with E-state index in [1.54, 1.807) is 19.1 Å². The van der Waals surface area contributed by atoms with E-state index in [0.29, 0.717) is 0 Å². The van der Waals surface area contributed by atoms with Crippen LogP contribution in [0.5, 0.6) is 5.75 Å². The van der Waals surface area contributed by atoms with Crippen LogP contribution < -0.4 is 4.74 Å². The summed E-state index contributed by atoms with van der Waals surface area (Å²) in [7, 11) is 3.38. The fraction of sp³-hybridized carbons (Fsp3) is 0.538. The quantitative estimate of drug-likeness (QED) is 0.693. The summed E-state index contributed by atoms with van der Waals surface area (Å²) in [6, 6.07) is 6.59. The molecule has 1 aromatic rings. The number of likely N-dealkylation sites (N-methyl/N-ethyl adjacent to an activating group) is 1. The number of hydrogen-bond donors (Lipinski definition) is 3. The number of nitrogens with zero attached hydrogens (tertiary/aromatic N) is 1. The Morgan fingerprint density at radius 3 is 2.22 bits per heavy atom. The van der Waals surface area contributed by atoms with Gasteiger partial charge in [-0.05, 0) is 24.7 Å². The van der Waals surface area contributed by atoms with Gasteiger partial charge < -0.3 is 20.1 Å². The second-order valence-corrected chi connectivity index (χ2v) is 4.61. The van der Waals surface area contributed by atoms with Gasteiger partial charge in [0.1, 0.15) is 11.9 Å². The van der Waals surface area contributed by atoms with E-state index < -0.39 is 18.2 Å². The number of methoxy groups -OCH3 is 1. The molecule has 0 radical (unpaired) electrons. The fourth-order valence-electron chi connectivity index (χ4n) is 2.57. The zero-order valence-corrected chi connectivity index (χ0v) is 10.5. The van der Waals surface area contributed by atoms with Gasteiger partial charge in [0.25, 0.3) is 0 Å². The van der Waals surface area contributed by atoms with E-state index in [1.807, 2.05) is 24.3 Å². The average Bonchev–Trinajstić information content (AvgIpc) is 2.60. The molecule has 5 nitrogen and oxygen atoms in total. The van der Waals surface area contributed by atoms with Crippen LogP contribution in [0.1, 0.15) is 11.6 Å². The normalized spacial score (nSPS) is 32.7. The maximum atomic E-state index is 10.1. The molecule has 0 bridgehead atoms. The molecule has 3 N–H and O–H groups in total. The van der Waals surface area contributed by atoms with E-state index in [1.165, 1.54) is 0 Å². The molecule has 5 heteroatoms. The lowest BCUT2D eigenvalue weighted by Crippen LogP contribution is -2.37. The Bertz CT molecular complexity index is 394. The molecule has 2 rings (SSSR count). The van der Waals surface area contributed by atoms with Crippen molar-refractivity contribution in [3.8, 4) is 5.75 Å². The van der Waals surface area contributed by atoms with E-state index in [-0.39, 0.29) is 12.6 Å². The van der Waals surface area contributed by atoms with Crippen LogP contribution in [0, 0.1) is 0 Å². The predicted molar refractivity (Wildman–Crippen MR) is 66.4 cm³/mol. The molecule has 0 aliphatic carbocycles. The Morgan fingerprint density at radius 1 is 1.17 bits per heavy atom. The van der Waals surface area contributed by atoms with Crippen LogP contribution >= 0.6 is 0 Å². The van der Waals surface area contributed by atoms with E-state index in [2.05, 4.69) is 0 Å². The van der Waals surface area contributed by atoms with Gasteiger partial charge in [0.05, 0.1) is 31.9 Å². The third kappa shape index (κ3) is 2.10. The van der Waals surface area contributed by atoms with Gasteiger partial charge in [-0.25, -0.2) is 0 Å². The Labute approximate surface area is 106 Å². The van der Waals surface area contributed by atoms with Crippen molar-refractivity contribution in [2.24, 2.45) is 0 Å². The van der Waals surface area contributed by atoms with Gasteiger partial charge in [0.15, 0.2) is 0 Å². The van der Waals surface area contributed by atoms with Crippen molar-refractivity contribution in [3.05, 3.63) is 29.8 Å². The summed E-state index contributed by atoms with van der Waals surface area (Å²) in [5.41, 5.74) is 0.890. The lowest BCUT2D eigenvalue weighted by atomic mass is 10.0. The SMILES string of the molecule is COc1ccc([C@@H]2[C@@H](O)[C@H](O)[C@@H](CO)N2C)cc1. The molecule has 0 aromatic heterocycles. The zero-order chi connectivity index (χ0) is 13.3. The van der Waals surface area contributed by atoms with E-state index in [0.717, 1.165) is 11.3 Å². The summed E-state index contributed by atoms with van der Waals surface area (Å²) < 4.78 is 5.08. The van der Waals surface area contributed by atoms with E-state index in [9.17, 15) is 15.3 Å². The lowest BCUT2D eigenvalue weighted by Gasteiger charge is -2.25. The molecule has 0 spiro atoms. The summed E-state index contributed by atoms with van der Waals surface area (Å²) >= 11 is 0. The highest BCUT2D eigenvalue weighted by molar-refractivity contribution is 5.31. The van der Waals surface area contributed by atoms with Crippen molar-refractivity contribution in [1.82, 2.24) is 4.90 Å². The molecule has 1 aromatic carbocycles. The van der Waals surface area contributed by atoms with Gasteiger partial charge in [-0.3, -0.25) is 4.90 Å². The first kappa shape index (κ1) is 13.3. The Balaban J connectivity index is 2.26. The maximum Gasteiger partial charge on any atom is 0.118 e. The molecule has 1 fully saturated rings. The Morgan fingerprint density at radius 2 is 1.78 bits per heavy atom. The highest BCUT2D eigenvalue weighted by atomic mass is 16.5. The second kappa shape index (κ2) is 5.24. The first-order valence-corrected chi connectivity index (χ1v) is 5.93. The molecule has 18 heavy (non-hydrogen) atoms. The van der Waals surface area contributed by atoms with Crippen LogP contribution in [-0.4, -0.2) is 59.2 Å². The van der Waals surface area contributed by atoms with E-state index >= 15 is 0 Å². The molecule has 4 atom stereocenters. The van der Waals surface area contributed by atoms with Crippen LogP contribution in [0.25, 0.3) is 0 Å². The minimum absolute atomic E-state index is 0.179. The predicted octanol–water partition coefficient (Wildman–Crippen LogP) is -0.236. The van der Waals surface area contributed by atoms with Crippen LogP contribution in [-0.2, 0) is 0 Å². The van der Waals surface area contributed by atoms with Gasteiger partial charge in [-0.1, -0.05) is 12.1 Å². The molecule has 0 unspecified atom stereocenters. The fourth-order valence-corrected chi connectivity index (χ4v) is 2.57. The number of rotatable bonds is 3. The summed E-state index contributed by atoms with van der Waals surface area (Å²) in [5.74, 6) is 0.744. The standard InChI is InChI=1S/C13H19NO4/c1-14-10(7-15)12(16)13(17)11(14)8-3-5-9(18-2)6-4-8/h3-6,10-13,15-17H,7H2,1-2H3/t10-,11-,12-,13-/m1/s1. The number of aliphatic hydroxyl groups is 3. The third-order valence-corrected chi connectivity index (χ3v) is 3.67. The van der Waals surface area contributed by atoms with Crippen molar-refractivity contribution in [2.45, 2.75) is 24.3 Å². The van der Waals surface area contributed by atoms with Crippen molar-refractivity contribution in [1.29, 1.82) is 0 Å². The molecule has 1 heterocycles. The zero-order valence-electron chi connectivity index (χ0n) is 10.5. The first-order valence-electron chi connectivity index (χ1n) is 5.93. The number of ether oxygens (including phenoxy) is 1. The molecule has 0 saturated carbocycles. The largest absolute Gasteiger partial charge is 0.497 e. The third-order valence-electron chi connectivity index (χ3n) is 3.67. The molecular formula is C13H19NO4. The summed E-state index contributed by atoms with van der Waals surface area (Å²) in [6.07, 6.45) is -1.84. The van der Waals surface area contributed by atoms with Gasteiger partial charge in [0.2, 0.25) is 0 Å². The van der Waals surface area contributed by atoms with Crippen LogP contribution in [0.3, 0.4) is 0 Å². The van der Waals surface area contributed by atoms with Gasteiger partial charge in [0, 0.05) is 0 Å². The summed E-state index contributed by atoms with van der Waals surface area (Å²) in [5, 5.41) is 29.2. The molecule has 100 valence electrons. The molecule has 1 aliphatic heterocycles. The molecule has 0 amide bonds. The number of hydrogen-bond acceptors (Lipinski definition) is 5. The van der Waals surface area contributed by atoms with Crippen molar-refractivity contribution in [3.63, 3.8) is 0 Å². The van der Waals surface area contributed by atoms with Crippen LogP contribution in [0.2, 0.25) is 0 Å². The highest BCUT2D eigenvalue weighted by Crippen LogP contribution is 2.35. The summed E-state index contributed by atoms with van der Waals surface area (Å²) in [6.45, 7) is -0.179. The lowest BCUT2D eigenvalue weighted by molar-refractivity contribution is 0.0184. The minimum Gasteiger partial charge on any atom is -0.497 e. The summed E-state index contributed by atoms with van der Waals surface area (Å²) in [4.78, 5) is 1.80. The molecule has 1 aliphatic rings. The average molecular weight is 253 g/mol. The smallest absolute Gasteiger partial charge is 0.118 e. The highest BCUT2D eigenvalue weighted by Gasteiger charge is 2.45.